The fourth-order valence-electron chi connectivity index (χ4n) is 2.50. The normalized spacial score (nSPS) is 16.1. The molecule has 0 radical (unpaired) electrons. The fourth-order valence-corrected chi connectivity index (χ4v) is 2.50. The number of carbonyl (C=O) groups is 2. The lowest BCUT2D eigenvalue weighted by atomic mass is 10.1. The number of nitrogens with zero attached hydrogens (tertiary/aromatic N) is 1. The summed E-state index contributed by atoms with van der Waals surface area (Å²) in [5.74, 6) is 0.00117. The predicted octanol–water partition coefficient (Wildman–Crippen LogP) is 1.70. The van der Waals surface area contributed by atoms with Gasteiger partial charge in [-0.15, -0.1) is 0 Å². The van der Waals surface area contributed by atoms with E-state index >= 15 is 0 Å². The van der Waals surface area contributed by atoms with E-state index in [2.05, 4.69) is 5.32 Å². The van der Waals surface area contributed by atoms with Crippen LogP contribution in [0.1, 0.15) is 22.5 Å². The number of nitrogens with one attached hydrogen (secondary N) is 1. The fraction of sp³-hybridized carbons (Fsp3) is 0.333. The number of fused-ring (bicyclic) bond motifs is 1. The van der Waals surface area contributed by atoms with Crippen molar-refractivity contribution in [2.45, 2.75) is 13.3 Å². The lowest BCUT2D eigenvalue weighted by molar-refractivity contribution is -0.121. The van der Waals surface area contributed by atoms with E-state index in [4.69, 9.17) is 4.42 Å². The van der Waals surface area contributed by atoms with Gasteiger partial charge in [0, 0.05) is 24.0 Å². The molecule has 0 unspecified atom stereocenters. The van der Waals surface area contributed by atoms with Crippen molar-refractivity contribution in [2.75, 3.05) is 19.6 Å². The first-order valence-corrected chi connectivity index (χ1v) is 6.71. The topological polar surface area (TPSA) is 62.6 Å². The Morgan fingerprint density at radius 1 is 1.35 bits per heavy atom. The summed E-state index contributed by atoms with van der Waals surface area (Å²) < 4.78 is 5.67. The minimum absolute atomic E-state index is 0.0926. The first-order valence-electron chi connectivity index (χ1n) is 6.71. The van der Waals surface area contributed by atoms with E-state index in [1.807, 2.05) is 31.2 Å². The molecule has 0 bridgehead atoms. The van der Waals surface area contributed by atoms with Crippen molar-refractivity contribution < 1.29 is 14.0 Å². The Labute approximate surface area is 116 Å². The highest BCUT2D eigenvalue weighted by atomic mass is 16.3. The van der Waals surface area contributed by atoms with Gasteiger partial charge in [0.25, 0.3) is 5.91 Å². The molecule has 1 aromatic carbocycles. The summed E-state index contributed by atoms with van der Waals surface area (Å²) in [4.78, 5) is 25.6. The zero-order chi connectivity index (χ0) is 14.1. The van der Waals surface area contributed by atoms with Crippen LogP contribution in [0, 0.1) is 6.92 Å². The Hall–Kier alpha value is -2.30. The Bertz CT molecular complexity index is 675. The molecular formula is C15H16N2O3. The maximum Gasteiger partial charge on any atom is 0.290 e. The van der Waals surface area contributed by atoms with Gasteiger partial charge in [0.1, 0.15) is 5.58 Å². The van der Waals surface area contributed by atoms with Crippen molar-refractivity contribution in [1.29, 1.82) is 0 Å². The molecule has 1 aromatic heterocycles. The molecule has 1 N–H and O–H groups in total. The van der Waals surface area contributed by atoms with Crippen LogP contribution in [0.3, 0.4) is 0 Å². The molecule has 5 heteroatoms. The molecule has 0 atom stereocenters. The van der Waals surface area contributed by atoms with Crippen molar-refractivity contribution in [3.63, 3.8) is 0 Å². The summed E-state index contributed by atoms with van der Waals surface area (Å²) in [7, 11) is 0. The van der Waals surface area contributed by atoms with Crippen LogP contribution < -0.4 is 5.32 Å². The SMILES string of the molecule is Cc1c(C(=O)N2CCCNC(=O)C2)oc2ccccc12. The van der Waals surface area contributed by atoms with Crippen LogP contribution in [0.25, 0.3) is 11.0 Å². The van der Waals surface area contributed by atoms with Crippen molar-refractivity contribution in [3.8, 4) is 0 Å². The van der Waals surface area contributed by atoms with E-state index in [0.717, 1.165) is 17.4 Å². The minimum atomic E-state index is -0.212. The molecule has 5 nitrogen and oxygen atoms in total. The Balaban J connectivity index is 1.95. The lowest BCUT2D eigenvalue weighted by Crippen LogP contribution is -2.37. The summed E-state index contributed by atoms with van der Waals surface area (Å²) in [6.07, 6.45) is 0.761. The molecule has 1 saturated heterocycles. The Kier molecular flexibility index (Phi) is 3.18. The van der Waals surface area contributed by atoms with Crippen LogP contribution in [0.4, 0.5) is 0 Å². The number of amides is 2. The second-order valence-electron chi connectivity index (χ2n) is 4.98. The van der Waals surface area contributed by atoms with Crippen LogP contribution in [-0.4, -0.2) is 36.3 Å². The van der Waals surface area contributed by atoms with Crippen LogP contribution in [0.2, 0.25) is 0 Å². The van der Waals surface area contributed by atoms with Crippen LogP contribution in [-0.2, 0) is 4.79 Å². The lowest BCUT2D eigenvalue weighted by Gasteiger charge is -2.17. The smallest absolute Gasteiger partial charge is 0.290 e. The van der Waals surface area contributed by atoms with Gasteiger partial charge >= 0.3 is 0 Å². The molecule has 0 aliphatic carbocycles. The van der Waals surface area contributed by atoms with Gasteiger partial charge in [-0.2, -0.15) is 0 Å². The molecular weight excluding hydrogens is 256 g/mol. The molecule has 0 saturated carbocycles. The number of para-hydroxylation sites is 1. The van der Waals surface area contributed by atoms with Gasteiger partial charge in [-0.05, 0) is 19.4 Å². The van der Waals surface area contributed by atoms with Gasteiger partial charge in [0.15, 0.2) is 5.76 Å². The highest BCUT2D eigenvalue weighted by Crippen LogP contribution is 2.26. The molecule has 2 aromatic rings. The first-order chi connectivity index (χ1) is 9.66. The third-order valence-electron chi connectivity index (χ3n) is 3.59. The number of benzene rings is 1. The molecule has 104 valence electrons. The molecule has 2 heterocycles. The van der Waals surface area contributed by atoms with E-state index in [1.165, 1.54) is 0 Å². The molecule has 2 amide bonds. The number of furan rings is 1. The largest absolute Gasteiger partial charge is 0.451 e. The van der Waals surface area contributed by atoms with Crippen molar-refractivity contribution in [1.82, 2.24) is 10.2 Å². The Morgan fingerprint density at radius 2 is 2.15 bits per heavy atom. The average molecular weight is 272 g/mol. The third kappa shape index (κ3) is 2.15. The summed E-state index contributed by atoms with van der Waals surface area (Å²) in [6.45, 7) is 3.14. The van der Waals surface area contributed by atoms with E-state index in [1.54, 1.807) is 4.90 Å². The highest BCUT2D eigenvalue weighted by Gasteiger charge is 2.25. The molecule has 3 rings (SSSR count). The van der Waals surface area contributed by atoms with Crippen molar-refractivity contribution >= 4 is 22.8 Å². The van der Waals surface area contributed by atoms with Gasteiger partial charge in [0.2, 0.25) is 5.91 Å². The van der Waals surface area contributed by atoms with Gasteiger partial charge in [0.05, 0.1) is 6.54 Å². The van der Waals surface area contributed by atoms with E-state index in [9.17, 15) is 9.59 Å². The first kappa shape index (κ1) is 12.7. The average Bonchev–Trinajstić information content (AvgIpc) is 2.64. The molecule has 20 heavy (non-hydrogen) atoms. The minimum Gasteiger partial charge on any atom is -0.451 e. The molecule has 1 aliphatic rings. The zero-order valence-electron chi connectivity index (χ0n) is 11.3. The zero-order valence-corrected chi connectivity index (χ0v) is 11.3. The summed E-state index contributed by atoms with van der Waals surface area (Å²) in [5, 5.41) is 3.70. The molecule has 0 spiro atoms. The van der Waals surface area contributed by atoms with Crippen LogP contribution >= 0.6 is 0 Å². The second-order valence-corrected chi connectivity index (χ2v) is 4.98. The van der Waals surface area contributed by atoms with Crippen LogP contribution in [0.5, 0.6) is 0 Å². The number of hydrogen-bond donors (Lipinski definition) is 1. The summed E-state index contributed by atoms with van der Waals surface area (Å²) >= 11 is 0. The summed E-state index contributed by atoms with van der Waals surface area (Å²) in [5.41, 5.74) is 1.53. The predicted molar refractivity (Wildman–Crippen MR) is 74.5 cm³/mol. The maximum atomic E-state index is 12.5. The highest BCUT2D eigenvalue weighted by molar-refractivity contribution is 6.00. The molecule has 1 aliphatic heterocycles. The monoisotopic (exact) mass is 272 g/mol. The summed E-state index contributed by atoms with van der Waals surface area (Å²) in [6, 6.07) is 7.56. The number of rotatable bonds is 1. The van der Waals surface area contributed by atoms with Gasteiger partial charge < -0.3 is 14.6 Å². The maximum absolute atomic E-state index is 12.5. The second kappa shape index (κ2) is 5.00. The number of carbonyl (C=O) groups excluding carboxylic acids is 2. The van der Waals surface area contributed by atoms with Crippen LogP contribution in [0.15, 0.2) is 28.7 Å². The van der Waals surface area contributed by atoms with Crippen molar-refractivity contribution in [2.24, 2.45) is 0 Å². The Morgan fingerprint density at radius 3 is 2.95 bits per heavy atom. The quantitative estimate of drug-likeness (QED) is 0.859. The number of aryl methyl sites for hydroxylation is 1. The third-order valence-corrected chi connectivity index (χ3v) is 3.59. The molecule has 1 fully saturated rings. The standard InChI is InChI=1S/C15H16N2O3/c1-10-11-5-2-3-6-12(11)20-14(10)15(19)17-8-4-7-16-13(18)9-17/h2-3,5-6H,4,7-9H2,1H3,(H,16,18). The van der Waals surface area contributed by atoms with E-state index in [-0.39, 0.29) is 18.4 Å². The number of hydrogen-bond acceptors (Lipinski definition) is 3. The van der Waals surface area contributed by atoms with E-state index in [0.29, 0.717) is 24.4 Å². The van der Waals surface area contributed by atoms with Crippen molar-refractivity contribution in [3.05, 3.63) is 35.6 Å². The van der Waals surface area contributed by atoms with Gasteiger partial charge in [-0.25, -0.2) is 0 Å². The van der Waals surface area contributed by atoms with Gasteiger partial charge in [-0.3, -0.25) is 9.59 Å². The van der Waals surface area contributed by atoms with E-state index < -0.39 is 0 Å². The van der Waals surface area contributed by atoms with Gasteiger partial charge in [-0.1, -0.05) is 18.2 Å².